The molecular weight excluding hydrogens is 719 g/mol. The van der Waals surface area contributed by atoms with Gasteiger partial charge in [-0.2, -0.15) is 0 Å². The number of rotatable bonds is 8. The molecule has 0 saturated carbocycles. The minimum Gasteiger partial charge on any atom is -0.465 e. The lowest BCUT2D eigenvalue weighted by Crippen LogP contribution is -2.28. The molecule has 296 valence electrons. The molecule has 56 heavy (non-hydrogen) atoms. The number of amides is 1. The van der Waals surface area contributed by atoms with E-state index in [1.54, 1.807) is 12.1 Å². The molecule has 4 aromatic carbocycles. The van der Waals surface area contributed by atoms with Crippen molar-refractivity contribution < 1.29 is 37.0 Å². The van der Waals surface area contributed by atoms with E-state index in [0.717, 1.165) is 69.6 Å². The summed E-state index contributed by atoms with van der Waals surface area (Å²) in [4.78, 5) is 28.4. The standard InChI is InChI=1S/C22H22FNO3.C21H21FN2O2.CH4O.H3N/c1-26-22(25)19-13-18(23)11-17-12-20(27-21(17)19)16-7-5-15(6-8-16)14-24-9-3-2-4-10-24;22-17-10-16-11-19(26-20(16)18(12-17)21(23)25)15-6-4-14(5-7-15)13-24-8-2-1-3-9-24;1-2;/h5-8,11-13H,2-4,9-10,14H2,1H3;4-7,10-12H,1-3,8-9,13H2,(H2,23,25);2H,1H3;1H3. The van der Waals surface area contributed by atoms with Gasteiger partial charge in [0.05, 0.1) is 12.7 Å². The van der Waals surface area contributed by atoms with Gasteiger partial charge in [0.1, 0.15) is 39.9 Å². The maximum atomic E-state index is 13.8. The molecule has 10 nitrogen and oxygen atoms in total. The summed E-state index contributed by atoms with van der Waals surface area (Å²) in [5.74, 6) is -1.12. The minimum absolute atomic E-state index is 0. The van der Waals surface area contributed by atoms with E-state index in [0.29, 0.717) is 33.5 Å². The third-order valence-electron chi connectivity index (χ3n) is 10.0. The molecule has 2 aliphatic rings. The second-order valence-electron chi connectivity index (χ2n) is 13.9. The summed E-state index contributed by atoms with van der Waals surface area (Å²) in [5, 5.41) is 8.08. The zero-order valence-electron chi connectivity index (χ0n) is 32.0. The average molecular weight is 769 g/mol. The molecule has 0 unspecified atom stereocenters. The topological polar surface area (TPSA) is 157 Å². The third kappa shape index (κ3) is 10.1. The first-order valence-corrected chi connectivity index (χ1v) is 18.7. The number of halogens is 2. The normalized spacial score (nSPS) is 14.6. The second-order valence-corrected chi connectivity index (χ2v) is 13.9. The first-order valence-electron chi connectivity index (χ1n) is 18.7. The highest BCUT2D eigenvalue weighted by Crippen LogP contribution is 2.33. The lowest BCUT2D eigenvalue weighted by molar-refractivity contribution is 0.0601. The number of benzene rings is 4. The van der Waals surface area contributed by atoms with Gasteiger partial charge in [-0.1, -0.05) is 61.4 Å². The number of primary amides is 1. The summed E-state index contributed by atoms with van der Waals surface area (Å²) in [6.45, 7) is 6.55. The van der Waals surface area contributed by atoms with E-state index < -0.39 is 23.5 Å². The quantitative estimate of drug-likeness (QED) is 0.129. The van der Waals surface area contributed by atoms with Crippen molar-refractivity contribution >= 4 is 33.8 Å². The zero-order valence-corrected chi connectivity index (χ0v) is 32.0. The van der Waals surface area contributed by atoms with Gasteiger partial charge in [0, 0.05) is 42.1 Å². The molecule has 2 aromatic heterocycles. The number of likely N-dealkylation sites (tertiary alicyclic amines) is 2. The summed E-state index contributed by atoms with van der Waals surface area (Å²) in [6.07, 6.45) is 7.75. The highest BCUT2D eigenvalue weighted by atomic mass is 19.1. The van der Waals surface area contributed by atoms with Crippen molar-refractivity contribution in [3.05, 3.63) is 119 Å². The van der Waals surface area contributed by atoms with Gasteiger partial charge in [-0.15, -0.1) is 0 Å². The van der Waals surface area contributed by atoms with Crippen molar-refractivity contribution in [2.75, 3.05) is 40.4 Å². The molecule has 0 bridgehead atoms. The monoisotopic (exact) mass is 768 g/mol. The summed E-state index contributed by atoms with van der Waals surface area (Å²) < 4.78 is 43.9. The summed E-state index contributed by atoms with van der Waals surface area (Å²) in [7, 11) is 2.27. The van der Waals surface area contributed by atoms with Crippen LogP contribution in [0.2, 0.25) is 0 Å². The molecule has 0 aliphatic carbocycles. The van der Waals surface area contributed by atoms with Gasteiger partial charge in [0.15, 0.2) is 0 Å². The molecule has 4 heterocycles. The van der Waals surface area contributed by atoms with Gasteiger partial charge >= 0.3 is 5.97 Å². The molecule has 0 radical (unpaired) electrons. The van der Waals surface area contributed by atoms with E-state index in [2.05, 4.69) is 34.1 Å². The SMILES string of the molecule is CO.COC(=O)c1cc(F)cc2cc(-c3ccc(CN4CCCCC4)cc3)oc12.N.NC(=O)c1cc(F)cc2cc(-c3ccc(CN4CCCCC4)cc3)oc12. The van der Waals surface area contributed by atoms with Crippen molar-refractivity contribution in [1.29, 1.82) is 0 Å². The van der Waals surface area contributed by atoms with Gasteiger partial charge in [0.25, 0.3) is 5.91 Å². The molecule has 0 spiro atoms. The van der Waals surface area contributed by atoms with E-state index in [1.807, 2.05) is 24.3 Å². The Hall–Kier alpha value is -5.40. The predicted octanol–water partition coefficient (Wildman–Crippen LogP) is 9.11. The van der Waals surface area contributed by atoms with E-state index in [1.165, 1.54) is 68.9 Å². The predicted molar refractivity (Wildman–Crippen MR) is 214 cm³/mol. The Labute approximate surface area is 325 Å². The average Bonchev–Trinajstić information content (AvgIpc) is 3.84. The van der Waals surface area contributed by atoms with Crippen LogP contribution in [0.1, 0.15) is 70.4 Å². The van der Waals surface area contributed by atoms with Crippen LogP contribution < -0.4 is 11.9 Å². The lowest BCUT2D eigenvalue weighted by atomic mass is 10.1. The summed E-state index contributed by atoms with van der Waals surface area (Å²) >= 11 is 0. The first kappa shape index (κ1) is 41.8. The minimum atomic E-state index is -0.702. The van der Waals surface area contributed by atoms with Crippen LogP contribution in [0.3, 0.4) is 0 Å². The molecule has 6 N–H and O–H groups in total. The van der Waals surface area contributed by atoms with Crippen LogP contribution in [-0.4, -0.2) is 67.2 Å². The van der Waals surface area contributed by atoms with E-state index in [-0.39, 0.29) is 17.3 Å². The van der Waals surface area contributed by atoms with Crippen molar-refractivity contribution in [2.45, 2.75) is 51.6 Å². The number of carbonyl (C=O) groups is 2. The number of esters is 1. The van der Waals surface area contributed by atoms with Gasteiger partial charge < -0.3 is 30.6 Å². The number of hydrogen-bond donors (Lipinski definition) is 3. The maximum Gasteiger partial charge on any atom is 0.341 e. The fourth-order valence-corrected chi connectivity index (χ4v) is 7.26. The molecular formula is C44H50F2N4O6. The van der Waals surface area contributed by atoms with Crippen LogP contribution >= 0.6 is 0 Å². The van der Waals surface area contributed by atoms with Gasteiger partial charge in [-0.3, -0.25) is 14.6 Å². The van der Waals surface area contributed by atoms with E-state index in [4.69, 9.17) is 24.4 Å². The van der Waals surface area contributed by atoms with Crippen molar-refractivity contribution in [3.8, 4) is 22.6 Å². The maximum absolute atomic E-state index is 13.8. The number of ether oxygens (including phenoxy) is 1. The lowest BCUT2D eigenvalue weighted by Gasteiger charge is -2.26. The van der Waals surface area contributed by atoms with Crippen LogP contribution in [0, 0.1) is 11.6 Å². The Balaban J connectivity index is 0.000000202. The van der Waals surface area contributed by atoms with Crippen molar-refractivity contribution in [2.24, 2.45) is 5.73 Å². The van der Waals surface area contributed by atoms with Crippen LogP contribution in [0.5, 0.6) is 0 Å². The first-order chi connectivity index (χ1) is 26.7. The Morgan fingerprint density at radius 1 is 0.643 bits per heavy atom. The number of piperidine rings is 2. The largest absolute Gasteiger partial charge is 0.465 e. The number of aliphatic hydroxyl groups excluding tert-OH is 1. The van der Waals surface area contributed by atoms with Crippen molar-refractivity contribution in [3.63, 3.8) is 0 Å². The summed E-state index contributed by atoms with van der Waals surface area (Å²) in [6, 6.07) is 24.8. The van der Waals surface area contributed by atoms with Gasteiger partial charge in [-0.25, -0.2) is 13.6 Å². The molecule has 0 atom stereocenters. The number of carbonyl (C=O) groups excluding carboxylic acids is 2. The van der Waals surface area contributed by atoms with E-state index >= 15 is 0 Å². The van der Waals surface area contributed by atoms with Crippen molar-refractivity contribution in [1.82, 2.24) is 16.0 Å². The third-order valence-corrected chi connectivity index (χ3v) is 10.0. The Morgan fingerprint density at radius 2 is 1.04 bits per heavy atom. The number of hydrogen-bond acceptors (Lipinski definition) is 9. The number of furan rings is 2. The summed E-state index contributed by atoms with van der Waals surface area (Å²) in [5.41, 5.74) is 10.5. The molecule has 8 rings (SSSR count). The highest BCUT2D eigenvalue weighted by molar-refractivity contribution is 6.05. The number of fused-ring (bicyclic) bond motifs is 2. The molecule has 6 aromatic rings. The zero-order chi connectivity index (χ0) is 38.9. The number of methoxy groups -OCH3 is 1. The molecule has 2 fully saturated rings. The van der Waals surface area contributed by atoms with Crippen LogP contribution in [0.25, 0.3) is 44.6 Å². The van der Waals surface area contributed by atoms with Crippen LogP contribution in [-0.2, 0) is 17.8 Å². The fourth-order valence-electron chi connectivity index (χ4n) is 7.26. The van der Waals surface area contributed by atoms with Crippen LogP contribution in [0.15, 0.2) is 93.8 Å². The molecule has 2 aliphatic heterocycles. The number of nitrogens with zero attached hydrogens (tertiary/aromatic N) is 2. The van der Waals surface area contributed by atoms with Gasteiger partial charge in [-0.05, 0) is 99.4 Å². The second kappa shape index (κ2) is 19.5. The fraction of sp³-hybridized carbons (Fsp3) is 0.318. The Bertz CT molecular complexity index is 2220. The molecule has 12 heteroatoms. The highest BCUT2D eigenvalue weighted by Gasteiger charge is 2.19. The number of aliphatic hydroxyl groups is 1. The Morgan fingerprint density at radius 3 is 1.43 bits per heavy atom. The Kier molecular flexibility index (Phi) is 14.5. The number of nitrogens with two attached hydrogens (primary N) is 1. The molecule has 2 saturated heterocycles. The van der Waals surface area contributed by atoms with Gasteiger partial charge in [0.2, 0.25) is 0 Å². The molecule has 1 amide bonds. The van der Waals surface area contributed by atoms with Crippen LogP contribution in [0.4, 0.5) is 8.78 Å². The van der Waals surface area contributed by atoms with E-state index in [9.17, 15) is 18.4 Å². The smallest absolute Gasteiger partial charge is 0.341 e.